The Morgan fingerprint density at radius 3 is 3.00 bits per heavy atom. The van der Waals surface area contributed by atoms with Crippen LogP contribution in [0.4, 0.5) is 0 Å². The topological polar surface area (TPSA) is 51.4 Å². The fourth-order valence-electron chi connectivity index (χ4n) is 2.60. The Balaban J connectivity index is 2.08. The molecule has 0 saturated carbocycles. The van der Waals surface area contributed by atoms with Gasteiger partial charge in [0.25, 0.3) is 0 Å². The van der Waals surface area contributed by atoms with Gasteiger partial charge in [-0.1, -0.05) is 0 Å². The molecule has 0 aromatic carbocycles. The first-order chi connectivity index (χ1) is 8.68. The van der Waals surface area contributed by atoms with Crippen molar-refractivity contribution in [3.8, 4) is 0 Å². The first-order valence-electron chi connectivity index (χ1n) is 6.56. The maximum Gasteiger partial charge on any atom is 0.0798 e. The minimum absolute atomic E-state index is 0.0902. The number of hydrogen-bond donors (Lipinski definition) is 1. The van der Waals surface area contributed by atoms with Gasteiger partial charge < -0.3 is 10.5 Å². The highest BCUT2D eigenvalue weighted by Crippen LogP contribution is 2.29. The van der Waals surface area contributed by atoms with Gasteiger partial charge in [0.1, 0.15) is 0 Å². The number of thiazole rings is 1. The van der Waals surface area contributed by atoms with Crippen molar-refractivity contribution in [2.24, 2.45) is 5.73 Å². The Bertz CT molecular complexity index is 372. The van der Waals surface area contributed by atoms with E-state index in [0.717, 1.165) is 44.7 Å². The van der Waals surface area contributed by atoms with Crippen molar-refractivity contribution in [3.63, 3.8) is 0 Å². The number of likely N-dealkylation sites (N-methyl/N-ethyl adjacent to an activating group) is 1. The van der Waals surface area contributed by atoms with Crippen molar-refractivity contribution in [2.75, 3.05) is 26.8 Å². The molecule has 1 atom stereocenters. The highest BCUT2D eigenvalue weighted by atomic mass is 32.1. The zero-order chi connectivity index (χ0) is 13.0. The van der Waals surface area contributed by atoms with Crippen LogP contribution in [0.15, 0.2) is 5.51 Å². The molecule has 1 saturated heterocycles. The monoisotopic (exact) mass is 269 g/mol. The molecule has 0 bridgehead atoms. The molecule has 2 heterocycles. The SMILES string of the molecule is Cc1ncsc1CN(C)C1(CN)CCCOCC1. The Morgan fingerprint density at radius 2 is 2.33 bits per heavy atom. The van der Waals surface area contributed by atoms with Gasteiger partial charge >= 0.3 is 0 Å². The molecule has 5 heteroatoms. The van der Waals surface area contributed by atoms with Gasteiger partial charge in [0.2, 0.25) is 0 Å². The molecule has 2 rings (SSSR count). The van der Waals surface area contributed by atoms with Gasteiger partial charge in [-0.2, -0.15) is 0 Å². The summed E-state index contributed by atoms with van der Waals surface area (Å²) in [6.07, 6.45) is 3.25. The molecule has 1 aromatic rings. The summed E-state index contributed by atoms with van der Waals surface area (Å²) in [5.74, 6) is 0. The summed E-state index contributed by atoms with van der Waals surface area (Å²) in [7, 11) is 2.18. The Morgan fingerprint density at radius 1 is 1.50 bits per heavy atom. The van der Waals surface area contributed by atoms with E-state index >= 15 is 0 Å². The minimum atomic E-state index is 0.0902. The lowest BCUT2D eigenvalue weighted by Gasteiger charge is -2.40. The molecule has 1 aromatic heterocycles. The summed E-state index contributed by atoms with van der Waals surface area (Å²) < 4.78 is 5.57. The van der Waals surface area contributed by atoms with Crippen LogP contribution < -0.4 is 5.73 Å². The molecule has 1 aliphatic heterocycles. The van der Waals surface area contributed by atoms with Crippen molar-refractivity contribution in [1.82, 2.24) is 9.88 Å². The number of nitrogens with two attached hydrogens (primary N) is 1. The van der Waals surface area contributed by atoms with Gasteiger partial charge in [-0.15, -0.1) is 11.3 Å². The van der Waals surface area contributed by atoms with E-state index < -0.39 is 0 Å². The van der Waals surface area contributed by atoms with Crippen molar-refractivity contribution >= 4 is 11.3 Å². The van der Waals surface area contributed by atoms with Gasteiger partial charge in [0.15, 0.2) is 0 Å². The summed E-state index contributed by atoms with van der Waals surface area (Å²) in [5, 5.41) is 0. The first kappa shape index (κ1) is 13.9. The average molecular weight is 269 g/mol. The van der Waals surface area contributed by atoms with Crippen LogP contribution in [0, 0.1) is 6.92 Å². The van der Waals surface area contributed by atoms with Crippen LogP contribution in [-0.4, -0.2) is 42.2 Å². The number of hydrogen-bond acceptors (Lipinski definition) is 5. The highest BCUT2D eigenvalue weighted by Gasteiger charge is 2.34. The Kier molecular flexibility index (Phi) is 4.72. The lowest BCUT2D eigenvalue weighted by atomic mass is 9.89. The van der Waals surface area contributed by atoms with E-state index in [1.54, 1.807) is 11.3 Å². The molecular weight excluding hydrogens is 246 g/mol. The van der Waals surface area contributed by atoms with Crippen LogP contribution in [0.5, 0.6) is 0 Å². The smallest absolute Gasteiger partial charge is 0.0798 e. The summed E-state index contributed by atoms with van der Waals surface area (Å²) in [6, 6.07) is 0. The van der Waals surface area contributed by atoms with E-state index in [4.69, 9.17) is 10.5 Å². The molecule has 18 heavy (non-hydrogen) atoms. The van der Waals surface area contributed by atoms with Gasteiger partial charge in [-0.3, -0.25) is 4.90 Å². The van der Waals surface area contributed by atoms with Crippen LogP contribution in [0.3, 0.4) is 0 Å². The summed E-state index contributed by atoms with van der Waals surface area (Å²) in [5.41, 5.74) is 9.22. The quantitative estimate of drug-likeness (QED) is 0.905. The number of rotatable bonds is 4. The predicted molar refractivity (Wildman–Crippen MR) is 74.8 cm³/mol. The van der Waals surface area contributed by atoms with Crippen LogP contribution >= 0.6 is 11.3 Å². The molecule has 4 nitrogen and oxygen atoms in total. The second-order valence-electron chi connectivity index (χ2n) is 5.11. The van der Waals surface area contributed by atoms with E-state index in [2.05, 4.69) is 23.9 Å². The maximum atomic E-state index is 6.07. The van der Waals surface area contributed by atoms with E-state index in [-0.39, 0.29) is 5.54 Å². The van der Waals surface area contributed by atoms with Crippen molar-refractivity contribution in [1.29, 1.82) is 0 Å². The third kappa shape index (κ3) is 2.91. The normalized spacial score (nSPS) is 25.3. The van der Waals surface area contributed by atoms with Gasteiger partial charge in [-0.05, 0) is 33.2 Å². The van der Waals surface area contributed by atoms with Crippen molar-refractivity contribution in [3.05, 3.63) is 16.1 Å². The molecule has 0 amide bonds. The first-order valence-corrected chi connectivity index (χ1v) is 7.44. The van der Waals surface area contributed by atoms with Crippen LogP contribution in [0.1, 0.15) is 29.8 Å². The predicted octanol–water partition coefficient (Wildman–Crippen LogP) is 1.78. The van der Waals surface area contributed by atoms with Crippen LogP contribution in [0.2, 0.25) is 0 Å². The molecule has 2 N–H and O–H groups in total. The maximum absolute atomic E-state index is 6.07. The molecule has 0 aliphatic carbocycles. The van der Waals surface area contributed by atoms with E-state index in [9.17, 15) is 0 Å². The summed E-state index contributed by atoms with van der Waals surface area (Å²) >= 11 is 1.73. The molecule has 102 valence electrons. The van der Waals surface area contributed by atoms with Crippen molar-refractivity contribution in [2.45, 2.75) is 38.3 Å². The Hall–Kier alpha value is -0.490. The number of aromatic nitrogens is 1. The highest BCUT2D eigenvalue weighted by molar-refractivity contribution is 7.09. The minimum Gasteiger partial charge on any atom is -0.381 e. The summed E-state index contributed by atoms with van der Waals surface area (Å²) in [6.45, 7) is 5.40. The second-order valence-corrected chi connectivity index (χ2v) is 6.05. The molecule has 1 fully saturated rings. The van der Waals surface area contributed by atoms with E-state index in [1.165, 1.54) is 4.88 Å². The van der Waals surface area contributed by atoms with Crippen LogP contribution in [0.25, 0.3) is 0 Å². The fraction of sp³-hybridized carbons (Fsp3) is 0.769. The number of ether oxygens (including phenoxy) is 1. The van der Waals surface area contributed by atoms with E-state index in [0.29, 0.717) is 6.54 Å². The number of aryl methyl sites for hydroxylation is 1. The standard InChI is InChI=1S/C13H23N3OS/c1-11-12(18-10-15-11)8-16(2)13(9-14)4-3-6-17-7-5-13/h10H,3-9,14H2,1-2H3. The van der Waals surface area contributed by atoms with Gasteiger partial charge in [-0.25, -0.2) is 4.98 Å². The average Bonchev–Trinajstić information content (AvgIpc) is 2.66. The van der Waals surface area contributed by atoms with Crippen LogP contribution in [-0.2, 0) is 11.3 Å². The molecular formula is C13H23N3OS. The second kappa shape index (κ2) is 6.10. The lowest BCUT2D eigenvalue weighted by molar-refractivity contribution is 0.0841. The molecule has 0 spiro atoms. The van der Waals surface area contributed by atoms with Gasteiger partial charge in [0.05, 0.1) is 11.2 Å². The van der Waals surface area contributed by atoms with Crippen molar-refractivity contribution < 1.29 is 4.74 Å². The summed E-state index contributed by atoms with van der Waals surface area (Å²) in [4.78, 5) is 8.07. The third-order valence-electron chi connectivity index (χ3n) is 4.06. The Labute approximate surface area is 113 Å². The van der Waals surface area contributed by atoms with E-state index in [1.807, 2.05) is 5.51 Å². The number of nitrogens with zero attached hydrogens (tertiary/aromatic N) is 2. The molecule has 1 aliphatic rings. The molecule has 1 unspecified atom stereocenters. The largest absolute Gasteiger partial charge is 0.381 e. The third-order valence-corrected chi connectivity index (χ3v) is 4.98. The van der Waals surface area contributed by atoms with Gasteiger partial charge in [0, 0.05) is 36.7 Å². The lowest BCUT2D eigenvalue weighted by Crippen LogP contribution is -2.51. The molecule has 0 radical (unpaired) electrons. The zero-order valence-corrected chi connectivity index (χ0v) is 12.1. The fourth-order valence-corrected chi connectivity index (χ4v) is 3.42. The zero-order valence-electron chi connectivity index (χ0n) is 11.3.